The summed E-state index contributed by atoms with van der Waals surface area (Å²) in [6, 6.07) is -0.371. The second kappa shape index (κ2) is 7.75. The topological polar surface area (TPSA) is 76.7 Å². The van der Waals surface area contributed by atoms with Crippen LogP contribution < -0.4 is 10.6 Å². The molecule has 2 N–H and O–H groups in total. The van der Waals surface area contributed by atoms with Gasteiger partial charge in [0.2, 0.25) is 0 Å². The molecule has 1 aromatic rings. The first-order valence-corrected chi connectivity index (χ1v) is 6.77. The predicted molar refractivity (Wildman–Crippen MR) is 73.9 cm³/mol. The van der Waals surface area contributed by atoms with Crippen LogP contribution in [-0.4, -0.2) is 38.9 Å². The summed E-state index contributed by atoms with van der Waals surface area (Å²) < 4.78 is 9.79. The van der Waals surface area contributed by atoms with Crippen LogP contribution in [0.1, 0.15) is 22.8 Å². The van der Waals surface area contributed by atoms with Gasteiger partial charge >= 0.3 is 12.0 Å². The Balaban J connectivity index is 2.68. The van der Waals surface area contributed by atoms with Gasteiger partial charge in [-0.25, -0.2) is 9.59 Å². The van der Waals surface area contributed by atoms with E-state index in [2.05, 4.69) is 10.6 Å². The lowest BCUT2D eigenvalue weighted by Crippen LogP contribution is -2.31. The highest BCUT2D eigenvalue weighted by molar-refractivity contribution is 7.15. The van der Waals surface area contributed by atoms with E-state index in [1.54, 1.807) is 26.3 Å². The third kappa shape index (κ3) is 4.53. The minimum Gasteiger partial charge on any atom is -0.462 e. The maximum Gasteiger partial charge on any atom is 0.341 e. The lowest BCUT2D eigenvalue weighted by atomic mass is 10.2. The van der Waals surface area contributed by atoms with Crippen molar-refractivity contribution in [2.24, 2.45) is 0 Å². The molecule has 1 heterocycles. The number of urea groups is 1. The molecule has 6 nitrogen and oxygen atoms in total. The Kier molecular flexibility index (Phi) is 6.31. The predicted octanol–water partition coefficient (Wildman–Crippen LogP) is 2.00. The molecule has 0 aliphatic heterocycles. The van der Waals surface area contributed by atoms with Crippen molar-refractivity contribution in [1.29, 1.82) is 0 Å². The second-order valence-electron chi connectivity index (χ2n) is 3.72. The summed E-state index contributed by atoms with van der Waals surface area (Å²) in [5.74, 6) is -0.423. The first kappa shape index (κ1) is 15.5. The van der Waals surface area contributed by atoms with Crippen molar-refractivity contribution >= 4 is 28.3 Å². The smallest absolute Gasteiger partial charge is 0.341 e. The number of nitrogens with one attached hydrogen (secondary N) is 2. The van der Waals surface area contributed by atoms with Crippen molar-refractivity contribution in [3.63, 3.8) is 0 Å². The van der Waals surface area contributed by atoms with Crippen LogP contribution in [0.3, 0.4) is 0 Å². The number of methoxy groups -OCH3 is 1. The highest BCUT2D eigenvalue weighted by atomic mass is 32.1. The summed E-state index contributed by atoms with van der Waals surface area (Å²) in [6.07, 6.45) is 0. The Bertz CT molecular complexity index is 445. The maximum absolute atomic E-state index is 11.8. The number of ether oxygens (including phenoxy) is 2. The van der Waals surface area contributed by atoms with E-state index in [4.69, 9.17) is 9.47 Å². The summed E-state index contributed by atoms with van der Waals surface area (Å²) in [6.45, 7) is 4.68. The van der Waals surface area contributed by atoms with Crippen LogP contribution in [0.5, 0.6) is 0 Å². The highest BCUT2D eigenvalue weighted by Gasteiger charge is 2.19. The van der Waals surface area contributed by atoms with Crippen molar-refractivity contribution in [3.05, 3.63) is 16.5 Å². The Morgan fingerprint density at radius 1 is 1.42 bits per heavy atom. The van der Waals surface area contributed by atoms with Crippen LogP contribution in [0, 0.1) is 6.92 Å². The van der Waals surface area contributed by atoms with Gasteiger partial charge in [-0.15, -0.1) is 11.3 Å². The van der Waals surface area contributed by atoms with Gasteiger partial charge in [-0.3, -0.25) is 5.32 Å². The van der Waals surface area contributed by atoms with Gasteiger partial charge in [0.15, 0.2) is 0 Å². The minimum atomic E-state index is -0.423. The van der Waals surface area contributed by atoms with E-state index in [-0.39, 0.29) is 6.03 Å². The molecule has 1 rings (SSSR count). The normalized spacial score (nSPS) is 10.1. The molecule has 106 valence electrons. The van der Waals surface area contributed by atoms with Crippen molar-refractivity contribution in [2.75, 3.05) is 32.2 Å². The zero-order valence-electron chi connectivity index (χ0n) is 11.2. The molecule has 0 aliphatic carbocycles. The van der Waals surface area contributed by atoms with Crippen LogP contribution in [0.4, 0.5) is 9.80 Å². The molecule has 0 saturated carbocycles. The molecular formula is C12H18N2O4S. The summed E-state index contributed by atoms with van der Waals surface area (Å²) >= 11 is 1.29. The van der Waals surface area contributed by atoms with Crippen molar-refractivity contribution in [1.82, 2.24) is 5.32 Å². The number of amides is 2. The molecular weight excluding hydrogens is 268 g/mol. The average Bonchev–Trinajstić information content (AvgIpc) is 2.71. The Morgan fingerprint density at radius 3 is 2.79 bits per heavy atom. The van der Waals surface area contributed by atoms with Crippen molar-refractivity contribution in [3.8, 4) is 0 Å². The van der Waals surface area contributed by atoms with E-state index in [0.717, 1.165) is 5.56 Å². The van der Waals surface area contributed by atoms with E-state index in [0.29, 0.717) is 30.3 Å². The first-order valence-electron chi connectivity index (χ1n) is 5.89. The first-order chi connectivity index (χ1) is 9.10. The number of thiophene rings is 1. The number of carbonyl (C=O) groups is 2. The SMILES string of the molecule is CCOC(=O)c1c(C)csc1NC(=O)NCCOC. The molecule has 0 saturated heterocycles. The zero-order chi connectivity index (χ0) is 14.3. The van der Waals surface area contributed by atoms with Crippen molar-refractivity contribution < 1.29 is 19.1 Å². The molecule has 19 heavy (non-hydrogen) atoms. The van der Waals surface area contributed by atoms with Crippen LogP contribution in [0.15, 0.2) is 5.38 Å². The van der Waals surface area contributed by atoms with Gasteiger partial charge in [0.1, 0.15) is 5.00 Å². The van der Waals surface area contributed by atoms with Crippen molar-refractivity contribution in [2.45, 2.75) is 13.8 Å². The van der Waals surface area contributed by atoms with Crippen LogP contribution in [0.25, 0.3) is 0 Å². The standard InChI is InChI=1S/C12H18N2O4S/c1-4-18-11(15)9-8(2)7-19-10(9)14-12(16)13-5-6-17-3/h7H,4-6H2,1-3H3,(H2,13,14,16). The molecule has 0 spiro atoms. The molecule has 0 aromatic carbocycles. The van der Waals surface area contributed by atoms with Gasteiger partial charge < -0.3 is 14.8 Å². The molecule has 0 aliphatic rings. The zero-order valence-corrected chi connectivity index (χ0v) is 12.1. The van der Waals surface area contributed by atoms with Gasteiger partial charge in [-0.1, -0.05) is 0 Å². The average molecular weight is 286 g/mol. The van der Waals surface area contributed by atoms with Crippen LogP contribution >= 0.6 is 11.3 Å². The number of anilines is 1. The lowest BCUT2D eigenvalue weighted by Gasteiger charge is -2.08. The van der Waals surface area contributed by atoms with Gasteiger partial charge in [-0.05, 0) is 24.8 Å². The van der Waals surface area contributed by atoms with Gasteiger partial charge in [0.25, 0.3) is 0 Å². The summed E-state index contributed by atoms with van der Waals surface area (Å²) in [5.41, 5.74) is 1.20. The molecule has 0 atom stereocenters. The second-order valence-corrected chi connectivity index (χ2v) is 4.60. The fourth-order valence-corrected chi connectivity index (χ4v) is 2.33. The number of carbonyl (C=O) groups excluding carboxylic acids is 2. The third-order valence-electron chi connectivity index (χ3n) is 2.27. The number of aryl methyl sites for hydroxylation is 1. The summed E-state index contributed by atoms with van der Waals surface area (Å²) in [7, 11) is 1.56. The molecule has 0 fully saturated rings. The lowest BCUT2D eigenvalue weighted by molar-refractivity contribution is 0.0527. The Labute approximate surface area is 116 Å². The minimum absolute atomic E-state index is 0.299. The van der Waals surface area contributed by atoms with E-state index in [9.17, 15) is 9.59 Å². The van der Waals surface area contributed by atoms with Crippen LogP contribution in [-0.2, 0) is 9.47 Å². The fraction of sp³-hybridized carbons (Fsp3) is 0.500. The van der Waals surface area contributed by atoms with Crippen LogP contribution in [0.2, 0.25) is 0 Å². The number of rotatable bonds is 6. The molecule has 0 unspecified atom stereocenters. The Hall–Kier alpha value is -1.60. The summed E-state index contributed by atoms with van der Waals surface area (Å²) in [5, 5.41) is 7.55. The van der Waals surface area contributed by atoms with E-state index >= 15 is 0 Å². The fourth-order valence-electron chi connectivity index (χ4n) is 1.41. The molecule has 1 aromatic heterocycles. The third-order valence-corrected chi connectivity index (χ3v) is 3.29. The number of hydrogen-bond donors (Lipinski definition) is 2. The molecule has 2 amide bonds. The number of hydrogen-bond acceptors (Lipinski definition) is 5. The van der Waals surface area contributed by atoms with E-state index in [1.807, 2.05) is 0 Å². The quantitative estimate of drug-likeness (QED) is 0.619. The highest BCUT2D eigenvalue weighted by Crippen LogP contribution is 2.28. The Morgan fingerprint density at radius 2 is 2.16 bits per heavy atom. The van der Waals surface area contributed by atoms with Gasteiger partial charge in [-0.2, -0.15) is 0 Å². The molecule has 0 radical (unpaired) electrons. The summed E-state index contributed by atoms with van der Waals surface area (Å²) in [4.78, 5) is 23.4. The van der Waals surface area contributed by atoms with E-state index in [1.165, 1.54) is 11.3 Å². The van der Waals surface area contributed by atoms with Gasteiger partial charge in [0, 0.05) is 13.7 Å². The molecule has 7 heteroatoms. The molecule has 0 bridgehead atoms. The maximum atomic E-state index is 11.8. The van der Waals surface area contributed by atoms with E-state index < -0.39 is 5.97 Å². The van der Waals surface area contributed by atoms with Gasteiger partial charge in [0.05, 0.1) is 18.8 Å². The number of esters is 1. The largest absolute Gasteiger partial charge is 0.462 e. The monoisotopic (exact) mass is 286 g/mol.